The van der Waals surface area contributed by atoms with E-state index in [1.54, 1.807) is 42.5 Å². The highest BCUT2D eigenvalue weighted by atomic mass is 35.5. The molecule has 0 atom stereocenters. The Kier molecular flexibility index (Phi) is 8.65. The lowest BCUT2D eigenvalue weighted by molar-refractivity contribution is -0.118. The van der Waals surface area contributed by atoms with Gasteiger partial charge < -0.3 is 14.8 Å². The third-order valence-corrected chi connectivity index (χ3v) is 5.16. The Labute approximate surface area is 203 Å². The Morgan fingerprint density at radius 2 is 1.71 bits per heavy atom. The van der Waals surface area contributed by atoms with Crippen molar-refractivity contribution in [1.29, 1.82) is 0 Å². The van der Waals surface area contributed by atoms with E-state index < -0.39 is 0 Å². The largest absolute Gasteiger partial charge is 0.490 e. The number of hydrazone groups is 1. The molecule has 0 saturated carbocycles. The zero-order chi connectivity index (χ0) is 24.5. The van der Waals surface area contributed by atoms with E-state index in [0.717, 1.165) is 11.1 Å². The smallest absolute Gasteiger partial charge is 0.271 e. The van der Waals surface area contributed by atoms with Crippen LogP contribution in [0.5, 0.6) is 11.5 Å². The highest BCUT2D eigenvalue weighted by Gasteiger charge is 2.10. The molecule has 34 heavy (non-hydrogen) atoms. The monoisotopic (exact) mass is 479 g/mol. The van der Waals surface area contributed by atoms with Crippen LogP contribution in [0.15, 0.2) is 65.8 Å². The Morgan fingerprint density at radius 1 is 0.941 bits per heavy atom. The SMILES string of the molecule is CCOc1cc(C=NNC(=O)c2ccc(Cl)cc2)ccc1OCC(=O)Nc1ccc(C)c(C)c1. The first-order valence-electron chi connectivity index (χ1n) is 10.7. The summed E-state index contributed by atoms with van der Waals surface area (Å²) in [5, 5.41) is 7.36. The molecule has 0 aliphatic rings. The lowest BCUT2D eigenvalue weighted by Crippen LogP contribution is -2.20. The van der Waals surface area contributed by atoms with E-state index in [1.807, 2.05) is 39.0 Å². The predicted molar refractivity (Wildman–Crippen MR) is 134 cm³/mol. The molecule has 0 aliphatic carbocycles. The second-order valence-electron chi connectivity index (χ2n) is 7.48. The zero-order valence-corrected chi connectivity index (χ0v) is 20.0. The molecule has 3 aromatic carbocycles. The summed E-state index contributed by atoms with van der Waals surface area (Å²) in [5.74, 6) is 0.267. The van der Waals surface area contributed by atoms with Crippen LogP contribution in [0.4, 0.5) is 5.69 Å². The third-order valence-electron chi connectivity index (χ3n) is 4.90. The quantitative estimate of drug-likeness (QED) is 0.328. The van der Waals surface area contributed by atoms with Gasteiger partial charge in [0.05, 0.1) is 12.8 Å². The Hall–Kier alpha value is -3.84. The normalized spacial score (nSPS) is 10.7. The van der Waals surface area contributed by atoms with Crippen molar-refractivity contribution in [1.82, 2.24) is 5.43 Å². The molecule has 8 heteroatoms. The maximum absolute atomic E-state index is 12.3. The zero-order valence-electron chi connectivity index (χ0n) is 19.2. The molecule has 176 valence electrons. The number of ether oxygens (including phenoxy) is 2. The molecule has 3 aromatic rings. The summed E-state index contributed by atoms with van der Waals surface area (Å²) in [6.45, 7) is 6.10. The van der Waals surface area contributed by atoms with E-state index in [4.69, 9.17) is 21.1 Å². The van der Waals surface area contributed by atoms with Crippen LogP contribution < -0.4 is 20.2 Å². The van der Waals surface area contributed by atoms with E-state index in [0.29, 0.717) is 39.9 Å². The second-order valence-corrected chi connectivity index (χ2v) is 7.92. The average Bonchev–Trinajstić information content (AvgIpc) is 2.81. The molecule has 0 bridgehead atoms. The van der Waals surface area contributed by atoms with Gasteiger partial charge in [-0.1, -0.05) is 17.7 Å². The summed E-state index contributed by atoms with van der Waals surface area (Å²) in [6.07, 6.45) is 1.49. The Morgan fingerprint density at radius 3 is 2.41 bits per heavy atom. The summed E-state index contributed by atoms with van der Waals surface area (Å²) in [5.41, 5.74) is 6.57. The number of anilines is 1. The third kappa shape index (κ3) is 7.08. The number of benzene rings is 3. The van der Waals surface area contributed by atoms with Crippen LogP contribution in [0.2, 0.25) is 5.02 Å². The minimum atomic E-state index is -0.354. The van der Waals surface area contributed by atoms with Crippen LogP contribution in [-0.4, -0.2) is 31.2 Å². The Bertz CT molecular complexity index is 1190. The molecule has 0 spiro atoms. The summed E-state index contributed by atoms with van der Waals surface area (Å²) in [7, 11) is 0. The van der Waals surface area contributed by atoms with Crippen LogP contribution >= 0.6 is 11.6 Å². The molecule has 0 unspecified atom stereocenters. The number of carbonyl (C=O) groups excluding carboxylic acids is 2. The van der Waals surface area contributed by atoms with Crippen LogP contribution in [0.1, 0.15) is 34.0 Å². The lowest BCUT2D eigenvalue weighted by atomic mass is 10.1. The number of hydrogen-bond donors (Lipinski definition) is 2. The van der Waals surface area contributed by atoms with Gasteiger partial charge in [0.1, 0.15) is 0 Å². The van der Waals surface area contributed by atoms with Crippen LogP contribution in [0.25, 0.3) is 0 Å². The predicted octanol–water partition coefficient (Wildman–Crippen LogP) is 5.14. The minimum absolute atomic E-state index is 0.169. The number of carbonyl (C=O) groups is 2. The molecule has 0 heterocycles. The molecule has 3 rings (SSSR count). The number of nitrogens with one attached hydrogen (secondary N) is 2. The van der Waals surface area contributed by atoms with Gasteiger partial charge in [0, 0.05) is 16.3 Å². The van der Waals surface area contributed by atoms with Crippen molar-refractivity contribution in [3.8, 4) is 11.5 Å². The van der Waals surface area contributed by atoms with Crippen molar-refractivity contribution >= 4 is 35.3 Å². The van der Waals surface area contributed by atoms with Gasteiger partial charge in [-0.15, -0.1) is 0 Å². The number of halogens is 1. The molecular formula is C26H26ClN3O4. The van der Waals surface area contributed by atoms with Gasteiger partial charge >= 0.3 is 0 Å². The molecule has 0 radical (unpaired) electrons. The van der Waals surface area contributed by atoms with E-state index in [9.17, 15) is 9.59 Å². The van der Waals surface area contributed by atoms with E-state index in [1.165, 1.54) is 6.21 Å². The summed E-state index contributed by atoms with van der Waals surface area (Å²) < 4.78 is 11.3. The van der Waals surface area contributed by atoms with Gasteiger partial charge in [0.25, 0.3) is 11.8 Å². The summed E-state index contributed by atoms with van der Waals surface area (Å²) in [6, 6.07) is 17.4. The van der Waals surface area contributed by atoms with Gasteiger partial charge in [0.15, 0.2) is 18.1 Å². The van der Waals surface area contributed by atoms with E-state index >= 15 is 0 Å². The fourth-order valence-electron chi connectivity index (χ4n) is 2.98. The topological polar surface area (TPSA) is 89.0 Å². The van der Waals surface area contributed by atoms with Gasteiger partial charge in [-0.2, -0.15) is 5.10 Å². The lowest BCUT2D eigenvalue weighted by Gasteiger charge is -2.13. The molecule has 2 amide bonds. The average molecular weight is 480 g/mol. The summed E-state index contributed by atoms with van der Waals surface area (Å²) >= 11 is 5.84. The molecule has 0 aromatic heterocycles. The van der Waals surface area contributed by atoms with Crippen molar-refractivity contribution in [3.63, 3.8) is 0 Å². The van der Waals surface area contributed by atoms with Gasteiger partial charge in [-0.25, -0.2) is 5.43 Å². The molecule has 0 aliphatic heterocycles. The number of rotatable bonds is 9. The molecular weight excluding hydrogens is 454 g/mol. The van der Waals surface area contributed by atoms with Crippen LogP contribution in [0.3, 0.4) is 0 Å². The van der Waals surface area contributed by atoms with E-state index in [-0.39, 0.29) is 18.4 Å². The first kappa shape index (κ1) is 24.8. The maximum atomic E-state index is 12.3. The second kappa shape index (κ2) is 11.9. The van der Waals surface area contributed by atoms with Crippen LogP contribution in [-0.2, 0) is 4.79 Å². The standard InChI is InChI=1S/C26H26ClN3O4/c1-4-33-24-14-19(15-28-30-26(32)20-7-9-21(27)10-8-20)6-12-23(24)34-16-25(31)29-22-11-5-17(2)18(3)13-22/h5-15H,4,16H2,1-3H3,(H,29,31)(H,30,32). The first-order valence-corrected chi connectivity index (χ1v) is 11.1. The van der Waals surface area contributed by atoms with Gasteiger partial charge in [-0.3, -0.25) is 9.59 Å². The number of aryl methyl sites for hydroxylation is 2. The van der Waals surface area contributed by atoms with Crippen molar-refractivity contribution < 1.29 is 19.1 Å². The van der Waals surface area contributed by atoms with Crippen LogP contribution in [0, 0.1) is 13.8 Å². The maximum Gasteiger partial charge on any atom is 0.271 e. The highest BCUT2D eigenvalue weighted by Crippen LogP contribution is 2.28. The van der Waals surface area contributed by atoms with Crippen molar-refractivity contribution in [2.24, 2.45) is 5.10 Å². The highest BCUT2D eigenvalue weighted by molar-refractivity contribution is 6.30. The van der Waals surface area contributed by atoms with Gasteiger partial charge in [0.2, 0.25) is 0 Å². The van der Waals surface area contributed by atoms with E-state index in [2.05, 4.69) is 15.8 Å². The molecule has 7 nitrogen and oxygen atoms in total. The van der Waals surface area contributed by atoms with Crippen molar-refractivity contribution in [2.75, 3.05) is 18.5 Å². The molecule has 0 saturated heterocycles. The molecule has 0 fully saturated rings. The minimum Gasteiger partial charge on any atom is -0.490 e. The fraction of sp³-hybridized carbons (Fsp3) is 0.192. The fourth-order valence-corrected chi connectivity index (χ4v) is 3.11. The summed E-state index contributed by atoms with van der Waals surface area (Å²) in [4.78, 5) is 24.4. The van der Waals surface area contributed by atoms with Crippen molar-refractivity contribution in [3.05, 3.63) is 87.9 Å². The number of nitrogens with zero attached hydrogens (tertiary/aromatic N) is 1. The van der Waals surface area contributed by atoms with Crippen molar-refractivity contribution in [2.45, 2.75) is 20.8 Å². The van der Waals surface area contributed by atoms with Gasteiger partial charge in [-0.05, 0) is 92.1 Å². The molecule has 2 N–H and O–H groups in total. The number of hydrogen-bond acceptors (Lipinski definition) is 5. The first-order chi connectivity index (χ1) is 16.4. The Balaban J connectivity index is 1.59. The number of amides is 2.